The fourth-order valence-corrected chi connectivity index (χ4v) is 6.59. The number of nitrogens with zero attached hydrogens (tertiary/aromatic N) is 2. The third-order valence-corrected chi connectivity index (χ3v) is 8.11. The number of aromatic nitrogens is 1. The van der Waals surface area contributed by atoms with Gasteiger partial charge in [0.1, 0.15) is 0 Å². The molecule has 158 valence electrons. The number of aliphatic hydroxyl groups excluding tert-OH is 1. The fourth-order valence-electron chi connectivity index (χ4n) is 6.42. The topological polar surface area (TPSA) is 36.4 Å². The van der Waals surface area contributed by atoms with E-state index in [1.165, 1.54) is 22.3 Å². The summed E-state index contributed by atoms with van der Waals surface area (Å²) in [6.45, 7) is 3.05. The first kappa shape index (κ1) is 19.5. The summed E-state index contributed by atoms with van der Waals surface area (Å²) in [5, 5.41) is 11.6. The van der Waals surface area contributed by atoms with Gasteiger partial charge in [0.2, 0.25) is 0 Å². The predicted molar refractivity (Wildman–Crippen MR) is 123 cm³/mol. The highest BCUT2D eigenvalue weighted by Crippen LogP contribution is 2.60. The van der Waals surface area contributed by atoms with E-state index in [-0.39, 0.29) is 11.3 Å². The number of piperidine rings is 1. The molecule has 0 saturated carbocycles. The number of hydrogen-bond donors (Lipinski definition) is 1. The van der Waals surface area contributed by atoms with E-state index in [0.29, 0.717) is 5.92 Å². The van der Waals surface area contributed by atoms with E-state index in [2.05, 4.69) is 46.3 Å². The van der Waals surface area contributed by atoms with Gasteiger partial charge >= 0.3 is 0 Å². The molecule has 0 spiro atoms. The quantitative estimate of drug-likeness (QED) is 0.608. The molecule has 1 aliphatic heterocycles. The van der Waals surface area contributed by atoms with Crippen molar-refractivity contribution >= 4 is 11.6 Å². The molecule has 1 fully saturated rings. The Morgan fingerprint density at radius 3 is 2.58 bits per heavy atom. The van der Waals surface area contributed by atoms with Crippen LogP contribution in [0.4, 0.5) is 0 Å². The Labute approximate surface area is 188 Å². The average molecular weight is 431 g/mol. The molecular formula is C27H27ClN2O. The monoisotopic (exact) mass is 430 g/mol. The number of likely N-dealkylation sites (tertiary alicyclic amines) is 1. The van der Waals surface area contributed by atoms with Crippen LogP contribution < -0.4 is 0 Å². The molecule has 0 radical (unpaired) electrons. The standard InChI is InChI=1S/C27H27ClN2O/c28-19-8-9-21-22-16-27(24(21)15-19,23-6-2-1-5-20(22)23)17-30-13-10-18(11-14-30)26(31)25-7-3-4-12-29-25/h1-9,12,15,18,22,26,31H,10-11,13-14,16-17H2. The second kappa shape index (κ2) is 7.44. The van der Waals surface area contributed by atoms with E-state index in [4.69, 9.17) is 11.6 Å². The molecule has 1 saturated heterocycles. The number of rotatable bonds is 4. The lowest BCUT2D eigenvalue weighted by atomic mass is 9.74. The largest absolute Gasteiger partial charge is 0.387 e. The Hall–Kier alpha value is -2.20. The van der Waals surface area contributed by atoms with E-state index in [0.717, 1.165) is 49.6 Å². The van der Waals surface area contributed by atoms with Gasteiger partial charge in [-0.3, -0.25) is 4.98 Å². The summed E-state index contributed by atoms with van der Waals surface area (Å²) in [5.74, 6) is 0.768. The number of hydrogen-bond acceptors (Lipinski definition) is 3. The van der Waals surface area contributed by atoms with E-state index in [1.807, 2.05) is 24.3 Å². The molecule has 2 aromatic carbocycles. The van der Waals surface area contributed by atoms with Crippen molar-refractivity contribution in [2.75, 3.05) is 19.6 Å². The Morgan fingerprint density at radius 2 is 1.77 bits per heavy atom. The molecule has 6 rings (SSSR count). The molecule has 4 heteroatoms. The molecule has 2 heterocycles. The molecule has 3 unspecified atom stereocenters. The molecule has 2 aliphatic carbocycles. The molecule has 2 bridgehead atoms. The van der Waals surface area contributed by atoms with Gasteiger partial charge in [-0.25, -0.2) is 0 Å². The maximum atomic E-state index is 10.8. The van der Waals surface area contributed by atoms with Gasteiger partial charge in [-0.05, 0) is 84.8 Å². The third-order valence-electron chi connectivity index (χ3n) is 7.87. The summed E-state index contributed by atoms with van der Waals surface area (Å²) < 4.78 is 0. The van der Waals surface area contributed by atoms with Crippen molar-refractivity contribution < 1.29 is 5.11 Å². The van der Waals surface area contributed by atoms with E-state index in [1.54, 1.807) is 6.20 Å². The summed E-state index contributed by atoms with van der Waals surface area (Å²) in [6.07, 6.45) is 4.45. The lowest BCUT2D eigenvalue weighted by molar-refractivity contribution is 0.0514. The van der Waals surface area contributed by atoms with E-state index >= 15 is 0 Å². The second-order valence-electron chi connectivity index (χ2n) is 9.47. The third kappa shape index (κ3) is 3.06. The molecule has 3 aliphatic rings. The number of benzene rings is 2. The maximum Gasteiger partial charge on any atom is 0.0988 e. The van der Waals surface area contributed by atoms with Crippen LogP contribution in [-0.2, 0) is 5.41 Å². The molecule has 1 N–H and O–H groups in total. The van der Waals surface area contributed by atoms with Crippen molar-refractivity contribution in [1.29, 1.82) is 0 Å². The van der Waals surface area contributed by atoms with Crippen LogP contribution in [0.1, 0.15) is 59.2 Å². The smallest absolute Gasteiger partial charge is 0.0988 e. The van der Waals surface area contributed by atoms with Gasteiger partial charge in [0.25, 0.3) is 0 Å². The molecule has 0 amide bonds. The fraction of sp³-hybridized carbons (Fsp3) is 0.370. The Balaban J connectivity index is 1.25. The van der Waals surface area contributed by atoms with E-state index in [9.17, 15) is 5.11 Å². The molecular weight excluding hydrogens is 404 g/mol. The van der Waals surface area contributed by atoms with Gasteiger partial charge in [0, 0.05) is 29.1 Å². The Kier molecular flexibility index (Phi) is 4.68. The van der Waals surface area contributed by atoms with Crippen molar-refractivity contribution in [2.24, 2.45) is 5.92 Å². The first-order valence-corrected chi connectivity index (χ1v) is 11.7. The summed E-state index contributed by atoms with van der Waals surface area (Å²) in [7, 11) is 0. The average Bonchev–Trinajstić information content (AvgIpc) is 3.31. The second-order valence-corrected chi connectivity index (χ2v) is 9.91. The van der Waals surface area contributed by atoms with Crippen LogP contribution in [0.2, 0.25) is 5.02 Å². The lowest BCUT2D eigenvalue weighted by Crippen LogP contribution is -2.44. The minimum atomic E-state index is -0.468. The normalized spacial score (nSPS) is 25.9. The first-order valence-electron chi connectivity index (χ1n) is 11.4. The zero-order chi connectivity index (χ0) is 21.0. The van der Waals surface area contributed by atoms with Crippen LogP contribution in [0.3, 0.4) is 0 Å². The van der Waals surface area contributed by atoms with Crippen LogP contribution in [0.25, 0.3) is 0 Å². The molecule has 31 heavy (non-hydrogen) atoms. The number of pyridine rings is 1. The molecule has 3 atom stereocenters. The predicted octanol–water partition coefficient (Wildman–Crippen LogP) is 5.32. The number of halogens is 1. The van der Waals surface area contributed by atoms with Crippen LogP contribution in [0.15, 0.2) is 66.9 Å². The van der Waals surface area contributed by atoms with Crippen LogP contribution >= 0.6 is 11.6 Å². The van der Waals surface area contributed by atoms with Crippen molar-refractivity contribution in [2.45, 2.75) is 36.7 Å². The summed E-state index contributed by atoms with van der Waals surface area (Å²) in [4.78, 5) is 6.98. The molecule has 3 aromatic rings. The highest BCUT2D eigenvalue weighted by molar-refractivity contribution is 6.30. The Morgan fingerprint density at radius 1 is 1.00 bits per heavy atom. The van der Waals surface area contributed by atoms with Gasteiger partial charge in [-0.2, -0.15) is 0 Å². The maximum absolute atomic E-state index is 10.8. The summed E-state index contributed by atoms with van der Waals surface area (Å²) >= 11 is 6.46. The zero-order valence-corrected chi connectivity index (χ0v) is 18.3. The van der Waals surface area contributed by atoms with Crippen molar-refractivity contribution in [1.82, 2.24) is 9.88 Å². The van der Waals surface area contributed by atoms with Crippen molar-refractivity contribution in [3.8, 4) is 0 Å². The SMILES string of the molecule is OC(c1ccccn1)C1CCN(CC23CC(c4ccccc42)c2ccc(Cl)cc23)CC1. The first-order chi connectivity index (χ1) is 15.2. The van der Waals surface area contributed by atoms with Crippen LogP contribution in [-0.4, -0.2) is 34.6 Å². The molecule has 3 nitrogen and oxygen atoms in total. The highest BCUT2D eigenvalue weighted by atomic mass is 35.5. The molecule has 1 aromatic heterocycles. The Bertz CT molecular complexity index is 1110. The number of fused-ring (bicyclic) bond motifs is 8. The van der Waals surface area contributed by atoms with Gasteiger partial charge in [-0.1, -0.05) is 48.0 Å². The lowest BCUT2D eigenvalue weighted by Gasteiger charge is -2.40. The van der Waals surface area contributed by atoms with Crippen molar-refractivity contribution in [3.05, 3.63) is 99.8 Å². The van der Waals surface area contributed by atoms with Gasteiger partial charge in [0.15, 0.2) is 0 Å². The van der Waals surface area contributed by atoms with Crippen LogP contribution in [0.5, 0.6) is 0 Å². The van der Waals surface area contributed by atoms with E-state index < -0.39 is 6.10 Å². The van der Waals surface area contributed by atoms with Crippen molar-refractivity contribution in [3.63, 3.8) is 0 Å². The van der Waals surface area contributed by atoms with Crippen LogP contribution in [0, 0.1) is 5.92 Å². The van der Waals surface area contributed by atoms with Gasteiger partial charge < -0.3 is 10.0 Å². The zero-order valence-electron chi connectivity index (χ0n) is 17.5. The summed E-state index contributed by atoms with van der Waals surface area (Å²) in [5.41, 5.74) is 6.71. The number of aliphatic hydroxyl groups is 1. The van der Waals surface area contributed by atoms with Gasteiger partial charge in [-0.15, -0.1) is 0 Å². The minimum Gasteiger partial charge on any atom is -0.387 e. The highest BCUT2D eigenvalue weighted by Gasteiger charge is 2.53. The summed E-state index contributed by atoms with van der Waals surface area (Å²) in [6, 6.07) is 21.3. The van der Waals surface area contributed by atoms with Gasteiger partial charge in [0.05, 0.1) is 11.8 Å². The minimum absolute atomic E-state index is 0.0356.